The molecule has 0 spiro atoms. The van der Waals surface area contributed by atoms with E-state index < -0.39 is 0 Å². The van der Waals surface area contributed by atoms with Crippen molar-refractivity contribution >= 4 is 11.8 Å². The number of amides is 2. The minimum Gasteiger partial charge on any atom is -0.342 e. The number of carbonyl (C=O) groups excluding carboxylic acids is 2. The molecule has 2 heterocycles. The predicted octanol–water partition coefficient (Wildman–Crippen LogP) is 3.60. The molecule has 2 atom stereocenters. The van der Waals surface area contributed by atoms with Gasteiger partial charge >= 0.3 is 0 Å². The van der Waals surface area contributed by atoms with Crippen LogP contribution in [0.3, 0.4) is 0 Å². The fourth-order valence-electron chi connectivity index (χ4n) is 8.46. The van der Waals surface area contributed by atoms with Crippen molar-refractivity contribution in [3.8, 4) is 0 Å². The van der Waals surface area contributed by atoms with Crippen molar-refractivity contribution in [2.45, 2.75) is 63.7 Å². The molecule has 2 saturated heterocycles. The van der Waals surface area contributed by atoms with Gasteiger partial charge in [-0.3, -0.25) is 14.5 Å². The molecule has 0 radical (unpaired) electrons. The normalized spacial score (nSPS) is 35.9. The van der Waals surface area contributed by atoms with Gasteiger partial charge in [-0.1, -0.05) is 29.8 Å². The maximum atomic E-state index is 14.0. The van der Waals surface area contributed by atoms with Gasteiger partial charge in [-0.15, -0.1) is 0 Å². The van der Waals surface area contributed by atoms with Crippen molar-refractivity contribution in [1.82, 2.24) is 14.7 Å². The third-order valence-corrected chi connectivity index (χ3v) is 9.66. The summed E-state index contributed by atoms with van der Waals surface area (Å²) in [4.78, 5) is 33.0. The molecule has 4 aliphatic carbocycles. The highest BCUT2D eigenvalue weighted by Crippen LogP contribution is 2.66. The van der Waals surface area contributed by atoms with Gasteiger partial charge < -0.3 is 9.80 Å². The van der Waals surface area contributed by atoms with Gasteiger partial charge in [0.05, 0.1) is 12.0 Å². The van der Waals surface area contributed by atoms with Crippen LogP contribution >= 0.6 is 0 Å². The Morgan fingerprint density at radius 3 is 2.12 bits per heavy atom. The van der Waals surface area contributed by atoms with E-state index in [4.69, 9.17) is 0 Å². The Kier molecular flexibility index (Phi) is 5.32. The highest BCUT2D eigenvalue weighted by molar-refractivity contribution is 5.84. The molecule has 178 valence electrons. The zero-order valence-corrected chi connectivity index (χ0v) is 20.2. The Morgan fingerprint density at radius 2 is 1.48 bits per heavy atom. The summed E-state index contributed by atoms with van der Waals surface area (Å²) < 4.78 is 0. The molecular formula is C28H39N3O2. The second-order valence-electron chi connectivity index (χ2n) is 12.0. The number of hydrogen-bond acceptors (Lipinski definition) is 3. The summed E-state index contributed by atoms with van der Waals surface area (Å²) in [6.07, 6.45) is 9.40. The van der Waals surface area contributed by atoms with E-state index in [2.05, 4.69) is 41.0 Å². The second kappa shape index (κ2) is 8.11. The van der Waals surface area contributed by atoms with Gasteiger partial charge in [-0.05, 0) is 81.1 Å². The van der Waals surface area contributed by atoms with Gasteiger partial charge in [0.2, 0.25) is 11.8 Å². The molecule has 1 aromatic carbocycles. The summed E-state index contributed by atoms with van der Waals surface area (Å²) >= 11 is 0. The fraction of sp³-hybridized carbons (Fsp3) is 0.714. The van der Waals surface area contributed by atoms with Crippen molar-refractivity contribution in [3.05, 3.63) is 35.4 Å². The van der Waals surface area contributed by atoms with Crippen LogP contribution in [0.2, 0.25) is 0 Å². The average Bonchev–Trinajstić information content (AvgIpc) is 3.34. The summed E-state index contributed by atoms with van der Waals surface area (Å²) in [7, 11) is 0. The number of nitrogens with zero attached hydrogens (tertiary/aromatic N) is 3. The molecule has 0 aromatic heterocycles. The maximum absolute atomic E-state index is 14.0. The number of carbonyl (C=O) groups is 2. The van der Waals surface area contributed by atoms with Crippen LogP contribution in [0, 0.1) is 24.2 Å². The van der Waals surface area contributed by atoms with Gasteiger partial charge in [0, 0.05) is 39.3 Å². The number of piperazine rings is 1. The Labute approximate surface area is 198 Å². The van der Waals surface area contributed by atoms with Crippen LogP contribution in [0.4, 0.5) is 0 Å². The van der Waals surface area contributed by atoms with E-state index in [9.17, 15) is 9.59 Å². The summed E-state index contributed by atoms with van der Waals surface area (Å²) in [6.45, 7) is 7.74. The lowest BCUT2D eigenvalue weighted by Gasteiger charge is -2.62. The van der Waals surface area contributed by atoms with E-state index in [0.717, 1.165) is 71.4 Å². The van der Waals surface area contributed by atoms with Crippen LogP contribution in [0.15, 0.2) is 24.3 Å². The van der Waals surface area contributed by atoms with E-state index in [1.165, 1.54) is 30.4 Å². The van der Waals surface area contributed by atoms with Crippen molar-refractivity contribution in [2.24, 2.45) is 17.3 Å². The van der Waals surface area contributed by atoms with Crippen LogP contribution in [-0.4, -0.2) is 72.3 Å². The molecule has 6 aliphatic rings. The molecule has 1 aromatic rings. The van der Waals surface area contributed by atoms with Crippen molar-refractivity contribution in [2.75, 3.05) is 45.8 Å². The molecule has 4 saturated carbocycles. The number of benzene rings is 1. The topological polar surface area (TPSA) is 43.9 Å². The van der Waals surface area contributed by atoms with Crippen molar-refractivity contribution < 1.29 is 9.59 Å². The fourth-order valence-corrected chi connectivity index (χ4v) is 8.46. The van der Waals surface area contributed by atoms with Crippen LogP contribution < -0.4 is 0 Å². The van der Waals surface area contributed by atoms with Crippen LogP contribution in [0.5, 0.6) is 0 Å². The monoisotopic (exact) mass is 449 g/mol. The largest absolute Gasteiger partial charge is 0.342 e. The first-order valence-corrected chi connectivity index (χ1v) is 13.3. The van der Waals surface area contributed by atoms with Crippen LogP contribution in [-0.2, 0) is 15.0 Å². The average molecular weight is 450 g/mol. The summed E-state index contributed by atoms with van der Waals surface area (Å²) in [5.74, 6) is 2.11. The van der Waals surface area contributed by atoms with Gasteiger partial charge in [0.25, 0.3) is 0 Å². The number of rotatable bonds is 4. The van der Waals surface area contributed by atoms with E-state index in [-0.39, 0.29) is 16.7 Å². The smallest absolute Gasteiger partial charge is 0.236 e. The molecule has 5 nitrogen and oxygen atoms in total. The molecule has 2 amide bonds. The Bertz CT molecular complexity index is 898. The third-order valence-electron chi connectivity index (χ3n) is 9.66. The molecular weight excluding hydrogens is 410 g/mol. The molecule has 7 rings (SSSR count). The first-order valence-electron chi connectivity index (χ1n) is 13.3. The minimum atomic E-state index is -0.150. The highest BCUT2D eigenvalue weighted by Gasteiger charge is 2.61. The number of hydrogen-bond donors (Lipinski definition) is 0. The quantitative estimate of drug-likeness (QED) is 0.706. The zero-order chi connectivity index (χ0) is 22.6. The summed E-state index contributed by atoms with van der Waals surface area (Å²) in [5.41, 5.74) is 2.85. The van der Waals surface area contributed by atoms with Crippen molar-refractivity contribution in [1.29, 1.82) is 0 Å². The highest BCUT2D eigenvalue weighted by atomic mass is 16.2. The summed E-state index contributed by atoms with van der Waals surface area (Å²) in [5, 5.41) is 0. The van der Waals surface area contributed by atoms with Gasteiger partial charge in [0.1, 0.15) is 0 Å². The summed E-state index contributed by atoms with van der Waals surface area (Å²) in [6, 6.07) is 9.20. The molecule has 4 bridgehead atoms. The molecule has 33 heavy (non-hydrogen) atoms. The van der Waals surface area contributed by atoms with Crippen molar-refractivity contribution in [3.63, 3.8) is 0 Å². The van der Waals surface area contributed by atoms with E-state index >= 15 is 0 Å². The van der Waals surface area contributed by atoms with Gasteiger partial charge in [-0.2, -0.15) is 0 Å². The second-order valence-corrected chi connectivity index (χ2v) is 12.0. The Hall–Kier alpha value is -1.88. The zero-order valence-electron chi connectivity index (χ0n) is 20.2. The first-order chi connectivity index (χ1) is 15.9. The SMILES string of the molecule is Cc1ccc(C23CC4CC(CC(C(=O)N5CCN(CC(=O)N6CCCC6)CC5)(C4)C2)C3)cc1. The molecule has 5 heteroatoms. The molecule has 2 unspecified atom stereocenters. The number of aryl methyl sites for hydroxylation is 1. The Morgan fingerprint density at radius 1 is 0.848 bits per heavy atom. The van der Waals surface area contributed by atoms with Crippen LogP contribution in [0.1, 0.15) is 62.5 Å². The van der Waals surface area contributed by atoms with E-state index in [1.54, 1.807) is 0 Å². The first kappa shape index (κ1) is 21.6. The van der Waals surface area contributed by atoms with E-state index in [0.29, 0.717) is 24.3 Å². The standard InChI is InChI=1S/C28H39N3O2/c1-21-4-6-24(7-5-21)27-15-22-14-23(16-27)18-28(17-22,20-27)26(33)31-12-10-29(11-13-31)19-25(32)30-8-2-3-9-30/h4-7,22-23H,2-3,8-20H2,1H3. The van der Waals surface area contributed by atoms with Crippen LogP contribution in [0.25, 0.3) is 0 Å². The third kappa shape index (κ3) is 3.80. The maximum Gasteiger partial charge on any atom is 0.236 e. The lowest BCUT2D eigenvalue weighted by atomic mass is 9.42. The lowest BCUT2D eigenvalue weighted by molar-refractivity contribution is -0.162. The Balaban J connectivity index is 1.14. The molecule has 6 fully saturated rings. The predicted molar refractivity (Wildman–Crippen MR) is 129 cm³/mol. The minimum absolute atomic E-state index is 0.150. The van der Waals surface area contributed by atoms with Gasteiger partial charge in [0.15, 0.2) is 0 Å². The molecule has 2 aliphatic heterocycles. The lowest BCUT2D eigenvalue weighted by Crippen LogP contribution is -2.61. The van der Waals surface area contributed by atoms with Gasteiger partial charge in [-0.25, -0.2) is 0 Å². The van der Waals surface area contributed by atoms with E-state index in [1.807, 2.05) is 4.90 Å². The molecule has 0 N–H and O–H groups in total. The number of likely N-dealkylation sites (tertiary alicyclic amines) is 1.